The van der Waals surface area contributed by atoms with Crippen LogP contribution >= 0.6 is 11.6 Å². The van der Waals surface area contributed by atoms with E-state index < -0.39 is 48.3 Å². The number of halogens is 3. The van der Waals surface area contributed by atoms with E-state index in [9.17, 15) is 20.4 Å². The normalized spacial score (nSPS) is 30.6. The number of benzene rings is 2. The lowest BCUT2D eigenvalue weighted by atomic mass is 9.85. The minimum Gasteiger partial charge on any atom is -0.394 e. The number of rotatable bonds is 4. The molecule has 2 aliphatic rings. The molecule has 2 aliphatic heterocycles. The van der Waals surface area contributed by atoms with Crippen LogP contribution in [0.25, 0.3) is 0 Å². The lowest BCUT2D eigenvalue weighted by Crippen LogP contribution is -2.63. The van der Waals surface area contributed by atoms with Crippen molar-refractivity contribution in [3.8, 4) is 0 Å². The van der Waals surface area contributed by atoms with Gasteiger partial charge in [0.15, 0.2) is 0 Å². The summed E-state index contributed by atoms with van der Waals surface area (Å²) in [6, 6.07) is 8.56. The van der Waals surface area contributed by atoms with E-state index in [1.54, 1.807) is 12.1 Å². The minimum absolute atomic E-state index is 0.0244. The highest BCUT2D eigenvalue weighted by Gasteiger charge is 2.59. The van der Waals surface area contributed by atoms with E-state index >= 15 is 8.78 Å². The molecule has 2 heterocycles. The molecule has 1 fully saturated rings. The first-order valence-corrected chi connectivity index (χ1v) is 10.3. The molecule has 1 saturated heterocycles. The molecular formula is C22H23ClF2O6. The first kappa shape index (κ1) is 22.5. The average molecular weight is 457 g/mol. The van der Waals surface area contributed by atoms with Crippen LogP contribution in [0.3, 0.4) is 0 Å². The maximum Gasteiger partial charge on any atom is 0.300 e. The Morgan fingerprint density at radius 2 is 1.77 bits per heavy atom. The van der Waals surface area contributed by atoms with Crippen LogP contribution in [0.15, 0.2) is 36.4 Å². The van der Waals surface area contributed by atoms with E-state index in [1.165, 1.54) is 24.3 Å². The number of aliphatic hydroxyl groups excluding tert-OH is 4. The highest BCUT2D eigenvalue weighted by Crippen LogP contribution is 2.51. The van der Waals surface area contributed by atoms with Gasteiger partial charge in [-0.3, -0.25) is 0 Å². The van der Waals surface area contributed by atoms with E-state index in [0.29, 0.717) is 6.42 Å². The smallest absolute Gasteiger partial charge is 0.300 e. The number of alkyl halides is 2. The summed E-state index contributed by atoms with van der Waals surface area (Å²) in [4.78, 5) is 0. The van der Waals surface area contributed by atoms with Gasteiger partial charge in [-0.1, -0.05) is 48.9 Å². The van der Waals surface area contributed by atoms with Crippen LogP contribution in [0.4, 0.5) is 8.78 Å². The van der Waals surface area contributed by atoms with Gasteiger partial charge in [-0.2, -0.15) is 8.78 Å². The van der Waals surface area contributed by atoms with Gasteiger partial charge in [-0.15, -0.1) is 0 Å². The van der Waals surface area contributed by atoms with Crippen LogP contribution in [0, 0.1) is 0 Å². The largest absolute Gasteiger partial charge is 0.394 e. The summed E-state index contributed by atoms with van der Waals surface area (Å²) < 4.78 is 42.5. The van der Waals surface area contributed by atoms with Crippen molar-refractivity contribution in [2.45, 2.75) is 56.1 Å². The quantitative estimate of drug-likeness (QED) is 0.563. The van der Waals surface area contributed by atoms with Crippen molar-refractivity contribution in [3.05, 3.63) is 69.2 Å². The number of hydrogen-bond acceptors (Lipinski definition) is 6. The molecule has 0 radical (unpaired) electrons. The lowest BCUT2D eigenvalue weighted by molar-refractivity contribution is -0.368. The Labute approximate surface area is 182 Å². The Balaban J connectivity index is 1.83. The molecular weight excluding hydrogens is 434 g/mol. The zero-order valence-electron chi connectivity index (χ0n) is 16.6. The molecule has 2 aromatic rings. The second kappa shape index (κ2) is 8.04. The van der Waals surface area contributed by atoms with Crippen LogP contribution in [0.2, 0.25) is 5.02 Å². The molecule has 5 atom stereocenters. The fourth-order valence-corrected chi connectivity index (χ4v) is 4.57. The van der Waals surface area contributed by atoms with Gasteiger partial charge in [0.05, 0.1) is 23.8 Å². The Kier molecular flexibility index (Phi) is 5.85. The topological polar surface area (TPSA) is 99.4 Å². The number of aliphatic hydroxyl groups is 4. The second-order valence-corrected chi connectivity index (χ2v) is 8.20. The standard InChI is InChI=1S/C22H23ClF2O6/c1-2-11-3-5-12(6-4-11)21(24,25)17-13-10-30-22(14(13)7-8-15(17)23)20(29)19(28)18(27)16(9-26)31-22/h3-8,16,18-20,26-29H,2,9-10H2,1H3/t16-,18-,19+,20-,22+/m1/s1. The van der Waals surface area contributed by atoms with Gasteiger partial charge in [-0.05, 0) is 23.6 Å². The SMILES string of the molecule is CCc1ccc(C(F)(F)c2c(Cl)ccc3c2CO[C@]32O[C@H](CO)[C@@H](O)[C@H](O)[C@H]2O)cc1. The highest BCUT2D eigenvalue weighted by atomic mass is 35.5. The molecule has 0 aromatic heterocycles. The van der Waals surface area contributed by atoms with Crippen LogP contribution in [0.5, 0.6) is 0 Å². The van der Waals surface area contributed by atoms with Crippen molar-refractivity contribution in [1.82, 2.24) is 0 Å². The Morgan fingerprint density at radius 3 is 2.39 bits per heavy atom. The van der Waals surface area contributed by atoms with E-state index in [-0.39, 0.29) is 28.3 Å². The predicted octanol–water partition coefficient (Wildman–Crippen LogP) is 2.20. The number of hydrogen-bond donors (Lipinski definition) is 4. The summed E-state index contributed by atoms with van der Waals surface area (Å²) in [6.07, 6.45) is -5.66. The van der Waals surface area contributed by atoms with Gasteiger partial charge < -0.3 is 29.9 Å². The first-order chi connectivity index (χ1) is 14.7. The van der Waals surface area contributed by atoms with Crippen molar-refractivity contribution in [1.29, 1.82) is 0 Å². The predicted molar refractivity (Wildman–Crippen MR) is 107 cm³/mol. The third kappa shape index (κ3) is 3.38. The van der Waals surface area contributed by atoms with Crippen LogP contribution in [-0.2, 0) is 34.2 Å². The molecule has 0 bridgehead atoms. The Hall–Kier alpha value is -1.65. The van der Waals surface area contributed by atoms with E-state index in [1.807, 2.05) is 6.92 Å². The zero-order valence-corrected chi connectivity index (χ0v) is 17.4. The van der Waals surface area contributed by atoms with E-state index in [2.05, 4.69) is 0 Å². The lowest BCUT2D eigenvalue weighted by Gasteiger charge is -2.46. The summed E-state index contributed by atoms with van der Waals surface area (Å²) in [7, 11) is 0. The fourth-order valence-electron chi connectivity index (χ4n) is 4.27. The van der Waals surface area contributed by atoms with Gasteiger partial charge in [-0.25, -0.2) is 0 Å². The van der Waals surface area contributed by atoms with Crippen LogP contribution in [-0.4, -0.2) is 51.4 Å². The van der Waals surface area contributed by atoms with Gasteiger partial charge in [0, 0.05) is 11.1 Å². The van der Waals surface area contributed by atoms with Gasteiger partial charge in [0.2, 0.25) is 5.79 Å². The second-order valence-electron chi connectivity index (χ2n) is 7.79. The number of ether oxygens (including phenoxy) is 2. The third-order valence-electron chi connectivity index (χ3n) is 6.06. The molecule has 168 valence electrons. The van der Waals surface area contributed by atoms with Crippen LogP contribution < -0.4 is 0 Å². The molecule has 0 saturated carbocycles. The fraction of sp³-hybridized carbons (Fsp3) is 0.455. The van der Waals surface area contributed by atoms with Gasteiger partial charge in [0.25, 0.3) is 5.92 Å². The zero-order chi connectivity index (χ0) is 22.6. The molecule has 4 rings (SSSR count). The summed E-state index contributed by atoms with van der Waals surface area (Å²) in [5, 5.41) is 40.2. The molecule has 0 unspecified atom stereocenters. The number of fused-ring (bicyclic) bond motifs is 2. The van der Waals surface area contributed by atoms with Gasteiger partial charge in [0.1, 0.15) is 24.4 Å². The summed E-state index contributed by atoms with van der Waals surface area (Å²) >= 11 is 6.20. The molecule has 9 heteroatoms. The molecule has 2 aromatic carbocycles. The van der Waals surface area contributed by atoms with Crippen molar-refractivity contribution < 1.29 is 38.7 Å². The van der Waals surface area contributed by atoms with Crippen molar-refractivity contribution >= 4 is 11.6 Å². The Bertz CT molecular complexity index is 967. The molecule has 0 aliphatic carbocycles. The monoisotopic (exact) mass is 456 g/mol. The molecule has 4 N–H and O–H groups in total. The molecule has 0 amide bonds. The first-order valence-electron chi connectivity index (χ1n) is 9.93. The van der Waals surface area contributed by atoms with E-state index in [4.69, 9.17) is 21.1 Å². The average Bonchev–Trinajstić information content (AvgIpc) is 3.13. The highest BCUT2D eigenvalue weighted by molar-refractivity contribution is 6.31. The van der Waals surface area contributed by atoms with E-state index in [0.717, 1.165) is 5.56 Å². The summed E-state index contributed by atoms with van der Waals surface area (Å²) in [6.45, 7) is 0.878. The maximum absolute atomic E-state index is 15.6. The maximum atomic E-state index is 15.6. The molecule has 31 heavy (non-hydrogen) atoms. The van der Waals surface area contributed by atoms with Crippen molar-refractivity contribution in [2.24, 2.45) is 0 Å². The minimum atomic E-state index is -3.47. The van der Waals surface area contributed by atoms with Crippen molar-refractivity contribution in [3.63, 3.8) is 0 Å². The van der Waals surface area contributed by atoms with Gasteiger partial charge >= 0.3 is 0 Å². The third-order valence-corrected chi connectivity index (χ3v) is 6.37. The Morgan fingerprint density at radius 1 is 1.10 bits per heavy atom. The summed E-state index contributed by atoms with van der Waals surface area (Å²) in [5.74, 6) is -5.50. The summed E-state index contributed by atoms with van der Waals surface area (Å²) in [5.41, 5.74) is 0.261. The number of aryl methyl sites for hydroxylation is 1. The van der Waals surface area contributed by atoms with Crippen LogP contribution in [0.1, 0.15) is 34.7 Å². The molecule has 1 spiro atoms. The molecule has 6 nitrogen and oxygen atoms in total. The van der Waals surface area contributed by atoms with Crippen molar-refractivity contribution in [2.75, 3.05) is 6.61 Å².